The normalized spacial score (nSPS) is 13.0. The van der Waals surface area contributed by atoms with E-state index in [0.717, 1.165) is 12.0 Å². The van der Waals surface area contributed by atoms with E-state index in [1.807, 2.05) is 37.3 Å². The van der Waals surface area contributed by atoms with Gasteiger partial charge in [0.25, 0.3) is 5.91 Å². The van der Waals surface area contributed by atoms with Crippen molar-refractivity contribution in [2.45, 2.75) is 39.1 Å². The third kappa shape index (κ3) is 6.62. The lowest BCUT2D eigenvalue weighted by molar-refractivity contribution is -0.188. The number of benzene rings is 1. The van der Waals surface area contributed by atoms with E-state index in [-0.39, 0.29) is 0 Å². The molecule has 0 aliphatic rings. The summed E-state index contributed by atoms with van der Waals surface area (Å²) in [5, 5.41) is 0. The van der Waals surface area contributed by atoms with Crippen LogP contribution in [0.2, 0.25) is 0 Å². The van der Waals surface area contributed by atoms with E-state index in [4.69, 9.17) is 0 Å². The first kappa shape index (κ1) is 17.5. The zero-order valence-electron chi connectivity index (χ0n) is 12.2. The Kier molecular flexibility index (Phi) is 6.68. The third-order valence-electron chi connectivity index (χ3n) is 2.87. The Morgan fingerprint density at radius 1 is 1.29 bits per heavy atom. The molecule has 6 heteroatoms. The van der Waals surface area contributed by atoms with Crippen LogP contribution >= 0.6 is 0 Å². The number of amides is 1. The quantitative estimate of drug-likeness (QED) is 0.772. The van der Waals surface area contributed by atoms with Crippen molar-refractivity contribution in [3.05, 3.63) is 35.9 Å². The molecule has 0 aliphatic heterocycles. The first-order valence-corrected chi connectivity index (χ1v) is 6.84. The number of nitrogens with zero attached hydrogens (tertiary/aromatic N) is 1. The number of carbonyl (C=O) groups is 1. The second kappa shape index (κ2) is 8.02. The molecule has 1 rings (SSSR count). The molecule has 0 bridgehead atoms. The van der Waals surface area contributed by atoms with Crippen LogP contribution in [-0.4, -0.2) is 36.2 Å². The molecule has 0 radical (unpaired) electrons. The highest BCUT2D eigenvalue weighted by molar-refractivity contribution is 5.80. The Bertz CT molecular complexity index is 434. The fourth-order valence-corrected chi connectivity index (χ4v) is 1.89. The molecule has 1 amide bonds. The average molecular weight is 303 g/mol. The summed E-state index contributed by atoms with van der Waals surface area (Å²) in [5.41, 5.74) is 0.933. The molecule has 1 aromatic carbocycles. The molecule has 118 valence electrons. The minimum absolute atomic E-state index is 0.368. The van der Waals surface area contributed by atoms with Crippen molar-refractivity contribution >= 4 is 5.91 Å². The highest BCUT2D eigenvalue weighted by Crippen LogP contribution is 2.16. The van der Waals surface area contributed by atoms with Gasteiger partial charge in [-0.25, -0.2) is 0 Å². The molecule has 1 atom stereocenters. The van der Waals surface area contributed by atoms with Crippen LogP contribution in [0.3, 0.4) is 0 Å². The first-order valence-electron chi connectivity index (χ1n) is 6.84. The molecule has 3 nitrogen and oxygen atoms in total. The minimum atomic E-state index is -4.43. The standard InChI is InChI=1S/C15H20F3NO2/c1-3-9-19(10-13-7-5-4-6-8-13)14(20)12(2)21-11-15(16,17)18/h4-8,12H,3,9-11H2,1-2H3. The number of alkyl halides is 3. The summed E-state index contributed by atoms with van der Waals surface area (Å²) in [4.78, 5) is 13.7. The topological polar surface area (TPSA) is 29.5 Å². The van der Waals surface area contributed by atoms with Gasteiger partial charge < -0.3 is 9.64 Å². The van der Waals surface area contributed by atoms with Gasteiger partial charge in [-0.15, -0.1) is 0 Å². The monoisotopic (exact) mass is 303 g/mol. The molecular formula is C15H20F3NO2. The van der Waals surface area contributed by atoms with E-state index in [2.05, 4.69) is 4.74 Å². The number of hydrogen-bond donors (Lipinski definition) is 0. The lowest BCUT2D eigenvalue weighted by Gasteiger charge is -2.26. The maximum atomic E-state index is 12.2. The van der Waals surface area contributed by atoms with Gasteiger partial charge in [-0.05, 0) is 18.9 Å². The largest absolute Gasteiger partial charge is 0.411 e. The molecule has 0 saturated carbocycles. The molecular weight excluding hydrogens is 283 g/mol. The number of ether oxygens (including phenoxy) is 1. The van der Waals surface area contributed by atoms with Crippen molar-refractivity contribution in [1.82, 2.24) is 4.90 Å². The van der Waals surface area contributed by atoms with Crippen LogP contribution in [0.15, 0.2) is 30.3 Å². The Hall–Kier alpha value is -1.56. The van der Waals surface area contributed by atoms with Gasteiger partial charge in [-0.3, -0.25) is 4.79 Å². The number of carbonyl (C=O) groups excluding carboxylic acids is 1. The molecule has 1 aromatic rings. The van der Waals surface area contributed by atoms with E-state index >= 15 is 0 Å². The predicted molar refractivity (Wildman–Crippen MR) is 73.6 cm³/mol. The van der Waals surface area contributed by atoms with Gasteiger partial charge in [0.05, 0.1) is 0 Å². The number of rotatable bonds is 7. The molecule has 1 unspecified atom stereocenters. The van der Waals surface area contributed by atoms with Gasteiger partial charge in [0.2, 0.25) is 0 Å². The molecule has 0 aliphatic carbocycles. The van der Waals surface area contributed by atoms with E-state index in [1.54, 1.807) is 0 Å². The van der Waals surface area contributed by atoms with Crippen LogP contribution in [0, 0.1) is 0 Å². The van der Waals surface area contributed by atoms with Gasteiger partial charge in [-0.1, -0.05) is 37.3 Å². The van der Waals surface area contributed by atoms with Crippen molar-refractivity contribution < 1.29 is 22.7 Å². The SMILES string of the molecule is CCCN(Cc1ccccc1)C(=O)C(C)OCC(F)(F)F. The maximum absolute atomic E-state index is 12.2. The average Bonchev–Trinajstić information content (AvgIpc) is 2.44. The van der Waals surface area contributed by atoms with Crippen molar-refractivity contribution in [2.75, 3.05) is 13.2 Å². The molecule has 0 aromatic heterocycles. The third-order valence-corrected chi connectivity index (χ3v) is 2.87. The fraction of sp³-hybridized carbons (Fsp3) is 0.533. The summed E-state index contributed by atoms with van der Waals surface area (Å²) in [6.07, 6.45) is -4.81. The summed E-state index contributed by atoms with van der Waals surface area (Å²) in [7, 11) is 0. The summed E-state index contributed by atoms with van der Waals surface area (Å²) < 4.78 is 41.0. The highest BCUT2D eigenvalue weighted by atomic mass is 19.4. The Balaban J connectivity index is 2.64. The lowest BCUT2D eigenvalue weighted by atomic mass is 10.2. The molecule has 0 N–H and O–H groups in total. The zero-order valence-corrected chi connectivity index (χ0v) is 12.2. The summed E-state index contributed by atoms with van der Waals surface area (Å²) in [6.45, 7) is 2.69. The smallest absolute Gasteiger partial charge is 0.359 e. The van der Waals surface area contributed by atoms with Crippen LogP contribution in [0.25, 0.3) is 0 Å². The molecule has 21 heavy (non-hydrogen) atoms. The van der Waals surface area contributed by atoms with Gasteiger partial charge in [0.1, 0.15) is 12.7 Å². The van der Waals surface area contributed by atoms with E-state index in [0.29, 0.717) is 13.1 Å². The molecule has 0 fully saturated rings. The molecule has 0 spiro atoms. The van der Waals surface area contributed by atoms with Gasteiger partial charge >= 0.3 is 6.18 Å². The second-order valence-electron chi connectivity index (χ2n) is 4.81. The maximum Gasteiger partial charge on any atom is 0.411 e. The van der Waals surface area contributed by atoms with Crippen molar-refractivity contribution in [3.8, 4) is 0 Å². The van der Waals surface area contributed by atoms with Crippen molar-refractivity contribution in [1.29, 1.82) is 0 Å². The summed E-state index contributed by atoms with van der Waals surface area (Å²) in [5.74, 6) is -0.426. The molecule has 0 saturated heterocycles. The van der Waals surface area contributed by atoms with Gasteiger partial charge in [-0.2, -0.15) is 13.2 Å². The van der Waals surface area contributed by atoms with E-state index in [1.165, 1.54) is 11.8 Å². The minimum Gasteiger partial charge on any atom is -0.359 e. The molecule has 0 heterocycles. The van der Waals surface area contributed by atoms with E-state index < -0.39 is 24.8 Å². The van der Waals surface area contributed by atoms with Crippen LogP contribution in [0.5, 0.6) is 0 Å². The van der Waals surface area contributed by atoms with E-state index in [9.17, 15) is 18.0 Å². The highest BCUT2D eigenvalue weighted by Gasteiger charge is 2.31. The van der Waals surface area contributed by atoms with Crippen LogP contribution in [0.1, 0.15) is 25.8 Å². The van der Waals surface area contributed by atoms with Gasteiger partial charge in [0, 0.05) is 13.1 Å². The van der Waals surface area contributed by atoms with Crippen LogP contribution in [0.4, 0.5) is 13.2 Å². The Morgan fingerprint density at radius 3 is 2.43 bits per heavy atom. The number of halogens is 3. The summed E-state index contributed by atoms with van der Waals surface area (Å²) >= 11 is 0. The van der Waals surface area contributed by atoms with Gasteiger partial charge in [0.15, 0.2) is 0 Å². The van der Waals surface area contributed by atoms with Crippen LogP contribution < -0.4 is 0 Å². The Labute approximate surface area is 122 Å². The number of hydrogen-bond acceptors (Lipinski definition) is 2. The lowest BCUT2D eigenvalue weighted by Crippen LogP contribution is -2.40. The fourth-order valence-electron chi connectivity index (χ4n) is 1.89. The first-order chi connectivity index (χ1) is 9.83. The summed E-state index contributed by atoms with van der Waals surface area (Å²) in [6, 6.07) is 9.32. The second-order valence-corrected chi connectivity index (χ2v) is 4.81. The Morgan fingerprint density at radius 2 is 1.90 bits per heavy atom. The zero-order chi connectivity index (χ0) is 15.9. The van der Waals surface area contributed by atoms with Crippen LogP contribution in [-0.2, 0) is 16.1 Å². The van der Waals surface area contributed by atoms with Crippen molar-refractivity contribution in [2.24, 2.45) is 0 Å². The van der Waals surface area contributed by atoms with Crippen molar-refractivity contribution in [3.63, 3.8) is 0 Å². The predicted octanol–water partition coefficient (Wildman–Crippen LogP) is 3.39.